The molecule has 0 fully saturated rings. The van der Waals surface area contributed by atoms with Crippen LogP contribution < -0.4 is 5.32 Å². The summed E-state index contributed by atoms with van der Waals surface area (Å²) >= 11 is 1.09. The average Bonchev–Trinajstić information content (AvgIpc) is 2.49. The van der Waals surface area contributed by atoms with Gasteiger partial charge in [-0.3, -0.25) is 14.9 Å². The van der Waals surface area contributed by atoms with E-state index in [2.05, 4.69) is 10.3 Å². The first-order valence-corrected chi connectivity index (χ1v) is 7.68. The van der Waals surface area contributed by atoms with Crippen LogP contribution in [0.4, 0.5) is 5.69 Å². The zero-order valence-corrected chi connectivity index (χ0v) is 12.8. The number of unbranched alkanes of at least 4 members (excludes halogenated alkanes) is 1. The van der Waals surface area contributed by atoms with Gasteiger partial charge in [0, 0.05) is 6.07 Å². The minimum Gasteiger partial charge on any atom is -0.480 e. The maximum atomic E-state index is 11.7. The van der Waals surface area contributed by atoms with Gasteiger partial charge in [0.25, 0.3) is 5.69 Å². The Balaban J connectivity index is 2.47. The van der Waals surface area contributed by atoms with Crippen molar-refractivity contribution < 1.29 is 19.6 Å². The molecule has 0 aliphatic carbocycles. The molecule has 0 bridgehead atoms. The molecule has 1 aromatic heterocycles. The second kappa shape index (κ2) is 8.98. The van der Waals surface area contributed by atoms with Crippen LogP contribution in [0.1, 0.15) is 26.2 Å². The Kier molecular flexibility index (Phi) is 7.30. The topological polar surface area (TPSA) is 122 Å². The van der Waals surface area contributed by atoms with E-state index in [1.54, 1.807) is 0 Å². The minimum atomic E-state index is -1.06. The van der Waals surface area contributed by atoms with Crippen LogP contribution >= 0.6 is 11.8 Å². The van der Waals surface area contributed by atoms with E-state index in [0.29, 0.717) is 17.9 Å². The largest absolute Gasteiger partial charge is 0.480 e. The molecule has 2 N–H and O–H groups in total. The number of amides is 1. The Morgan fingerprint density at radius 1 is 1.50 bits per heavy atom. The molecular formula is C13H17N3O5S. The van der Waals surface area contributed by atoms with E-state index in [0.717, 1.165) is 24.4 Å². The number of nitro groups is 1. The van der Waals surface area contributed by atoms with Crippen LogP contribution in [0.15, 0.2) is 23.4 Å². The highest BCUT2D eigenvalue weighted by molar-refractivity contribution is 7.99. The molecule has 0 saturated carbocycles. The molecule has 0 aromatic carbocycles. The molecule has 1 amide bonds. The Labute approximate surface area is 131 Å². The van der Waals surface area contributed by atoms with Crippen LogP contribution in [-0.2, 0) is 9.59 Å². The van der Waals surface area contributed by atoms with Crippen molar-refractivity contribution in [2.24, 2.45) is 0 Å². The number of nitrogens with one attached hydrogen (secondary N) is 1. The molecule has 1 rings (SSSR count). The summed E-state index contributed by atoms with van der Waals surface area (Å²) < 4.78 is 0. The quantitative estimate of drug-likeness (QED) is 0.403. The van der Waals surface area contributed by atoms with Crippen LogP contribution in [0.5, 0.6) is 0 Å². The van der Waals surface area contributed by atoms with Crippen LogP contribution in [0.2, 0.25) is 0 Å². The maximum Gasteiger partial charge on any atom is 0.326 e. The monoisotopic (exact) mass is 327 g/mol. The fourth-order valence-electron chi connectivity index (χ4n) is 1.61. The molecule has 1 atom stereocenters. The summed E-state index contributed by atoms with van der Waals surface area (Å²) in [5.74, 6) is -1.46. The number of carbonyl (C=O) groups excluding carboxylic acids is 1. The van der Waals surface area contributed by atoms with Crippen molar-refractivity contribution in [1.82, 2.24) is 10.3 Å². The van der Waals surface area contributed by atoms with E-state index >= 15 is 0 Å². The highest BCUT2D eigenvalue weighted by atomic mass is 32.2. The second-order valence-corrected chi connectivity index (χ2v) is 5.50. The SMILES string of the molecule is CCCCC(NC(=O)CSc1ccc([N+](=O)[O-])cn1)C(=O)O. The molecule has 22 heavy (non-hydrogen) atoms. The van der Waals surface area contributed by atoms with Gasteiger partial charge in [0.1, 0.15) is 12.2 Å². The summed E-state index contributed by atoms with van der Waals surface area (Å²) in [6.07, 6.45) is 3.06. The number of aromatic nitrogens is 1. The number of aliphatic carboxylic acids is 1. The fraction of sp³-hybridized carbons (Fsp3) is 0.462. The third-order valence-electron chi connectivity index (χ3n) is 2.76. The fourth-order valence-corrected chi connectivity index (χ4v) is 2.26. The standard InChI is InChI=1S/C13H17N3O5S/c1-2-3-4-10(13(18)19)15-11(17)8-22-12-6-5-9(7-14-12)16(20)21/h5-7,10H,2-4,8H2,1H3,(H,15,17)(H,18,19). The summed E-state index contributed by atoms with van der Waals surface area (Å²) in [5.41, 5.74) is -0.126. The first-order valence-electron chi connectivity index (χ1n) is 6.69. The molecule has 0 aliphatic heterocycles. The lowest BCUT2D eigenvalue weighted by Crippen LogP contribution is -2.41. The molecule has 9 heteroatoms. The molecule has 8 nitrogen and oxygen atoms in total. The second-order valence-electron chi connectivity index (χ2n) is 4.50. The third-order valence-corrected chi connectivity index (χ3v) is 3.71. The summed E-state index contributed by atoms with van der Waals surface area (Å²) in [4.78, 5) is 36.6. The molecule has 0 saturated heterocycles. The van der Waals surface area contributed by atoms with Crippen molar-refractivity contribution in [3.8, 4) is 0 Å². The van der Waals surface area contributed by atoms with Gasteiger partial charge in [-0.25, -0.2) is 9.78 Å². The number of thioether (sulfide) groups is 1. The summed E-state index contributed by atoms with van der Waals surface area (Å²) in [6.45, 7) is 1.94. The Hall–Kier alpha value is -2.16. The van der Waals surface area contributed by atoms with Gasteiger partial charge in [-0.2, -0.15) is 0 Å². The van der Waals surface area contributed by atoms with Crippen LogP contribution in [0, 0.1) is 10.1 Å². The highest BCUT2D eigenvalue weighted by Crippen LogP contribution is 2.18. The average molecular weight is 327 g/mol. The van der Waals surface area contributed by atoms with Gasteiger partial charge >= 0.3 is 5.97 Å². The van der Waals surface area contributed by atoms with Gasteiger partial charge in [0.2, 0.25) is 5.91 Å². The van der Waals surface area contributed by atoms with Crippen molar-refractivity contribution in [3.05, 3.63) is 28.4 Å². The van der Waals surface area contributed by atoms with Gasteiger partial charge in [0.15, 0.2) is 0 Å². The summed E-state index contributed by atoms with van der Waals surface area (Å²) in [6, 6.07) is 1.86. The molecular weight excluding hydrogens is 310 g/mol. The van der Waals surface area contributed by atoms with Crippen molar-refractivity contribution in [1.29, 1.82) is 0 Å². The predicted molar refractivity (Wildman–Crippen MR) is 80.7 cm³/mol. The molecule has 1 heterocycles. The van der Waals surface area contributed by atoms with E-state index in [4.69, 9.17) is 5.11 Å². The maximum absolute atomic E-state index is 11.7. The lowest BCUT2D eigenvalue weighted by Gasteiger charge is -2.13. The van der Waals surface area contributed by atoms with Gasteiger partial charge < -0.3 is 10.4 Å². The van der Waals surface area contributed by atoms with E-state index in [9.17, 15) is 19.7 Å². The lowest BCUT2D eigenvalue weighted by molar-refractivity contribution is -0.385. The summed E-state index contributed by atoms with van der Waals surface area (Å²) in [7, 11) is 0. The first-order chi connectivity index (χ1) is 10.4. The Bertz CT molecular complexity index is 535. The molecule has 0 aliphatic rings. The lowest BCUT2D eigenvalue weighted by atomic mass is 10.1. The van der Waals surface area contributed by atoms with E-state index < -0.39 is 22.8 Å². The van der Waals surface area contributed by atoms with Gasteiger partial charge in [-0.1, -0.05) is 31.5 Å². The predicted octanol–water partition coefficient (Wildman–Crippen LogP) is 1.84. The molecule has 0 radical (unpaired) electrons. The van der Waals surface area contributed by atoms with Gasteiger partial charge in [0.05, 0.1) is 15.7 Å². The normalized spacial score (nSPS) is 11.7. The van der Waals surface area contributed by atoms with Crippen molar-refractivity contribution in [3.63, 3.8) is 0 Å². The van der Waals surface area contributed by atoms with Crippen molar-refractivity contribution in [2.75, 3.05) is 5.75 Å². The number of hydrogen-bond acceptors (Lipinski definition) is 6. The molecule has 1 aromatic rings. The van der Waals surface area contributed by atoms with Gasteiger partial charge in [-0.05, 0) is 12.5 Å². The number of carboxylic acids is 1. The van der Waals surface area contributed by atoms with Crippen molar-refractivity contribution in [2.45, 2.75) is 37.3 Å². The first kappa shape index (κ1) is 17.9. The number of nitrogens with zero attached hydrogens (tertiary/aromatic N) is 2. The number of carboxylic acid groups (broad SMARTS) is 1. The van der Waals surface area contributed by atoms with Crippen molar-refractivity contribution >= 4 is 29.3 Å². The third kappa shape index (κ3) is 6.08. The summed E-state index contributed by atoms with van der Waals surface area (Å²) in [5, 5.41) is 22.4. The van der Waals surface area contributed by atoms with Crippen LogP contribution in [0.3, 0.4) is 0 Å². The molecule has 1 unspecified atom stereocenters. The molecule has 0 spiro atoms. The van der Waals surface area contributed by atoms with Crippen LogP contribution in [-0.4, -0.2) is 38.7 Å². The number of carbonyl (C=O) groups is 2. The zero-order valence-electron chi connectivity index (χ0n) is 12.0. The van der Waals surface area contributed by atoms with Crippen LogP contribution in [0.25, 0.3) is 0 Å². The zero-order chi connectivity index (χ0) is 16.5. The van der Waals surface area contributed by atoms with E-state index in [-0.39, 0.29) is 11.4 Å². The Morgan fingerprint density at radius 3 is 2.73 bits per heavy atom. The minimum absolute atomic E-state index is 0.000710. The Morgan fingerprint density at radius 2 is 2.23 bits per heavy atom. The van der Waals surface area contributed by atoms with E-state index in [1.807, 2.05) is 6.92 Å². The number of hydrogen-bond donors (Lipinski definition) is 2. The number of rotatable bonds is 9. The molecule has 120 valence electrons. The number of pyridine rings is 1. The van der Waals surface area contributed by atoms with Gasteiger partial charge in [-0.15, -0.1) is 0 Å². The highest BCUT2D eigenvalue weighted by Gasteiger charge is 2.19. The smallest absolute Gasteiger partial charge is 0.326 e. The van der Waals surface area contributed by atoms with E-state index in [1.165, 1.54) is 12.1 Å².